The van der Waals surface area contributed by atoms with E-state index in [1.165, 1.54) is 0 Å². The van der Waals surface area contributed by atoms with Crippen molar-refractivity contribution in [1.82, 2.24) is 16.0 Å². The molecule has 1 fully saturated rings. The van der Waals surface area contributed by atoms with Gasteiger partial charge in [0.1, 0.15) is 0 Å². The highest BCUT2D eigenvalue weighted by Crippen LogP contribution is 2.11. The van der Waals surface area contributed by atoms with Gasteiger partial charge in [0.2, 0.25) is 5.91 Å². The zero-order valence-electron chi connectivity index (χ0n) is 12.9. The van der Waals surface area contributed by atoms with Crippen LogP contribution < -0.4 is 16.0 Å². The van der Waals surface area contributed by atoms with Crippen LogP contribution in [0.2, 0.25) is 0 Å². The van der Waals surface area contributed by atoms with Crippen LogP contribution in [-0.2, 0) is 16.1 Å². The summed E-state index contributed by atoms with van der Waals surface area (Å²) in [5, 5.41) is 8.47. The van der Waals surface area contributed by atoms with E-state index in [0.717, 1.165) is 25.0 Å². The molecule has 0 aromatic heterocycles. The Labute approximate surface area is 130 Å². The van der Waals surface area contributed by atoms with Gasteiger partial charge in [0, 0.05) is 25.3 Å². The zero-order chi connectivity index (χ0) is 15.8. The Bertz CT molecular complexity index is 513. The van der Waals surface area contributed by atoms with Crippen LogP contribution in [-0.4, -0.2) is 44.7 Å². The van der Waals surface area contributed by atoms with Crippen LogP contribution in [0, 0.1) is 0 Å². The van der Waals surface area contributed by atoms with Crippen molar-refractivity contribution >= 4 is 11.8 Å². The molecule has 1 aliphatic rings. The molecule has 120 valence electrons. The number of amides is 2. The highest BCUT2D eigenvalue weighted by molar-refractivity contribution is 5.94. The first-order valence-electron chi connectivity index (χ1n) is 7.59. The molecule has 6 nitrogen and oxygen atoms in total. The maximum Gasteiger partial charge on any atom is 0.251 e. The third-order valence-electron chi connectivity index (χ3n) is 3.53. The van der Waals surface area contributed by atoms with E-state index in [0.29, 0.717) is 18.7 Å². The Morgan fingerprint density at radius 1 is 1.32 bits per heavy atom. The standard InChI is InChI=1S/C16H23N3O3/c1-17-11-15(20)18-9-12-4-2-5-13(8-12)16(21)19-10-14-6-3-7-22-14/h2,4-5,8,14,17H,3,6-7,9-11H2,1H3,(H,18,20)(H,19,21). The summed E-state index contributed by atoms with van der Waals surface area (Å²) in [5.74, 6) is -0.186. The lowest BCUT2D eigenvalue weighted by Crippen LogP contribution is -2.32. The van der Waals surface area contributed by atoms with E-state index in [1.807, 2.05) is 12.1 Å². The van der Waals surface area contributed by atoms with Crippen molar-refractivity contribution in [1.29, 1.82) is 0 Å². The number of carbonyl (C=O) groups is 2. The lowest BCUT2D eigenvalue weighted by Gasteiger charge is -2.11. The summed E-state index contributed by atoms with van der Waals surface area (Å²) in [6, 6.07) is 7.27. The fraction of sp³-hybridized carbons (Fsp3) is 0.500. The number of ether oxygens (including phenoxy) is 1. The van der Waals surface area contributed by atoms with Gasteiger partial charge in [0.15, 0.2) is 0 Å². The second kappa shape index (κ2) is 8.51. The first kappa shape index (κ1) is 16.5. The topological polar surface area (TPSA) is 79.5 Å². The highest BCUT2D eigenvalue weighted by Gasteiger charge is 2.16. The van der Waals surface area contributed by atoms with Crippen molar-refractivity contribution in [2.45, 2.75) is 25.5 Å². The molecule has 1 atom stereocenters. The van der Waals surface area contributed by atoms with Crippen molar-refractivity contribution in [3.8, 4) is 0 Å². The number of carbonyl (C=O) groups excluding carboxylic acids is 2. The van der Waals surface area contributed by atoms with E-state index in [2.05, 4.69) is 16.0 Å². The summed E-state index contributed by atoms with van der Waals surface area (Å²) < 4.78 is 5.48. The molecule has 6 heteroatoms. The summed E-state index contributed by atoms with van der Waals surface area (Å²) in [5.41, 5.74) is 1.49. The monoisotopic (exact) mass is 305 g/mol. The van der Waals surface area contributed by atoms with Gasteiger partial charge in [-0.2, -0.15) is 0 Å². The maximum atomic E-state index is 12.1. The Morgan fingerprint density at radius 2 is 2.18 bits per heavy atom. The van der Waals surface area contributed by atoms with E-state index in [9.17, 15) is 9.59 Å². The third kappa shape index (κ3) is 5.13. The lowest BCUT2D eigenvalue weighted by molar-refractivity contribution is -0.120. The van der Waals surface area contributed by atoms with Gasteiger partial charge in [-0.05, 0) is 37.6 Å². The minimum atomic E-state index is -0.112. The smallest absolute Gasteiger partial charge is 0.251 e. The number of hydrogen-bond acceptors (Lipinski definition) is 4. The van der Waals surface area contributed by atoms with Crippen molar-refractivity contribution in [3.05, 3.63) is 35.4 Å². The normalized spacial score (nSPS) is 17.2. The van der Waals surface area contributed by atoms with E-state index in [-0.39, 0.29) is 24.5 Å². The molecule has 1 aliphatic heterocycles. The molecular weight excluding hydrogens is 282 g/mol. The van der Waals surface area contributed by atoms with Gasteiger partial charge in [-0.3, -0.25) is 9.59 Å². The quantitative estimate of drug-likeness (QED) is 0.682. The van der Waals surface area contributed by atoms with Crippen LogP contribution in [0.25, 0.3) is 0 Å². The van der Waals surface area contributed by atoms with Crippen LogP contribution in [0.4, 0.5) is 0 Å². The van der Waals surface area contributed by atoms with Gasteiger partial charge in [-0.15, -0.1) is 0 Å². The van der Waals surface area contributed by atoms with Crippen LogP contribution in [0.3, 0.4) is 0 Å². The van der Waals surface area contributed by atoms with Crippen LogP contribution in [0.5, 0.6) is 0 Å². The summed E-state index contributed by atoms with van der Waals surface area (Å²) in [4.78, 5) is 23.5. The molecule has 3 N–H and O–H groups in total. The van der Waals surface area contributed by atoms with Gasteiger partial charge >= 0.3 is 0 Å². The second-order valence-corrected chi connectivity index (χ2v) is 5.35. The van der Waals surface area contributed by atoms with Gasteiger partial charge in [-0.25, -0.2) is 0 Å². The van der Waals surface area contributed by atoms with Gasteiger partial charge in [0.05, 0.1) is 12.6 Å². The van der Waals surface area contributed by atoms with E-state index in [1.54, 1.807) is 19.2 Å². The minimum absolute atomic E-state index is 0.0734. The summed E-state index contributed by atoms with van der Waals surface area (Å²) in [7, 11) is 1.72. The molecule has 2 rings (SSSR count). The summed E-state index contributed by atoms with van der Waals surface area (Å²) in [6.07, 6.45) is 2.19. The molecule has 0 bridgehead atoms. The summed E-state index contributed by atoms with van der Waals surface area (Å²) in [6.45, 7) is 2.01. The molecule has 0 saturated carbocycles. The highest BCUT2D eigenvalue weighted by atomic mass is 16.5. The predicted octanol–water partition coefficient (Wildman–Crippen LogP) is 0.431. The van der Waals surface area contributed by atoms with Crippen molar-refractivity contribution in [2.24, 2.45) is 0 Å². The molecule has 1 aromatic rings. The fourth-order valence-corrected chi connectivity index (χ4v) is 2.36. The molecule has 1 unspecified atom stereocenters. The van der Waals surface area contributed by atoms with Crippen molar-refractivity contribution in [2.75, 3.05) is 26.7 Å². The lowest BCUT2D eigenvalue weighted by atomic mass is 10.1. The van der Waals surface area contributed by atoms with E-state index >= 15 is 0 Å². The molecule has 1 heterocycles. The predicted molar refractivity (Wildman–Crippen MR) is 83.5 cm³/mol. The van der Waals surface area contributed by atoms with E-state index in [4.69, 9.17) is 4.74 Å². The molecule has 0 radical (unpaired) electrons. The largest absolute Gasteiger partial charge is 0.376 e. The fourth-order valence-electron chi connectivity index (χ4n) is 2.36. The molecule has 0 spiro atoms. The number of nitrogens with one attached hydrogen (secondary N) is 3. The molecule has 2 amide bonds. The average Bonchev–Trinajstić information content (AvgIpc) is 3.04. The van der Waals surface area contributed by atoms with Gasteiger partial charge < -0.3 is 20.7 Å². The molecule has 22 heavy (non-hydrogen) atoms. The number of rotatable bonds is 7. The second-order valence-electron chi connectivity index (χ2n) is 5.35. The van der Waals surface area contributed by atoms with E-state index < -0.39 is 0 Å². The Kier molecular flexibility index (Phi) is 6.36. The molecule has 1 aromatic carbocycles. The van der Waals surface area contributed by atoms with Crippen LogP contribution >= 0.6 is 0 Å². The first-order valence-corrected chi connectivity index (χ1v) is 7.59. The number of hydrogen-bond donors (Lipinski definition) is 3. The van der Waals surface area contributed by atoms with Crippen molar-refractivity contribution < 1.29 is 14.3 Å². The Morgan fingerprint density at radius 3 is 2.91 bits per heavy atom. The molecular formula is C16H23N3O3. The summed E-state index contributed by atoms with van der Waals surface area (Å²) >= 11 is 0. The van der Waals surface area contributed by atoms with Crippen molar-refractivity contribution in [3.63, 3.8) is 0 Å². The Hall–Kier alpha value is -1.92. The SMILES string of the molecule is CNCC(=O)NCc1cccc(C(=O)NCC2CCCO2)c1. The molecule has 0 aliphatic carbocycles. The van der Waals surface area contributed by atoms with Gasteiger partial charge in [0.25, 0.3) is 5.91 Å². The molecule has 1 saturated heterocycles. The zero-order valence-corrected chi connectivity index (χ0v) is 12.9. The number of likely N-dealkylation sites (N-methyl/N-ethyl adjacent to an activating group) is 1. The van der Waals surface area contributed by atoms with Crippen LogP contribution in [0.1, 0.15) is 28.8 Å². The van der Waals surface area contributed by atoms with Crippen LogP contribution in [0.15, 0.2) is 24.3 Å². The third-order valence-corrected chi connectivity index (χ3v) is 3.53. The average molecular weight is 305 g/mol. The number of benzene rings is 1. The Balaban J connectivity index is 1.84. The van der Waals surface area contributed by atoms with Gasteiger partial charge in [-0.1, -0.05) is 12.1 Å². The first-order chi connectivity index (χ1) is 10.7. The minimum Gasteiger partial charge on any atom is -0.376 e. The maximum absolute atomic E-state index is 12.1.